The van der Waals surface area contributed by atoms with Crippen molar-refractivity contribution in [1.82, 2.24) is 9.55 Å². The van der Waals surface area contributed by atoms with E-state index in [1.54, 1.807) is 35.8 Å². The summed E-state index contributed by atoms with van der Waals surface area (Å²) in [6.45, 7) is 5.28. The number of phenols is 1. The summed E-state index contributed by atoms with van der Waals surface area (Å²) in [6, 6.07) is 11.9. The summed E-state index contributed by atoms with van der Waals surface area (Å²) < 4.78 is 6.93. The number of halogens is 1. The van der Waals surface area contributed by atoms with Crippen LogP contribution in [0.3, 0.4) is 0 Å². The second-order valence-electron chi connectivity index (χ2n) is 6.43. The number of fused-ring (bicyclic) bond motifs is 1. The summed E-state index contributed by atoms with van der Waals surface area (Å²) in [4.78, 5) is 17.5. The molecule has 1 heterocycles. The van der Waals surface area contributed by atoms with E-state index >= 15 is 0 Å². The molecular formula is C21H23ClN4O3. The molecule has 1 aromatic heterocycles. The standard InChI is InChI=1S/C21H23ClN4O3/c1-3-29-12-6-11-26-20(28)16-7-4-5-8-18(16)23-21(26)25-24-14(2)17-13-15(22)9-10-19(17)27/h4-5,7-10,13,27H,3,6,11-12H2,1-2H3,(H,23,25)/b24-14+. The highest BCUT2D eigenvalue weighted by molar-refractivity contribution is 6.31. The van der Waals surface area contributed by atoms with Crippen LogP contribution in [-0.2, 0) is 11.3 Å². The number of benzene rings is 2. The maximum absolute atomic E-state index is 13.0. The third-order valence-corrected chi connectivity index (χ3v) is 4.64. The van der Waals surface area contributed by atoms with Gasteiger partial charge in [-0.05, 0) is 50.6 Å². The quantitative estimate of drug-likeness (QED) is 0.330. The normalized spacial score (nSPS) is 11.8. The fraction of sp³-hybridized carbons (Fsp3) is 0.286. The van der Waals surface area contributed by atoms with Gasteiger partial charge >= 0.3 is 0 Å². The second kappa shape index (κ2) is 9.54. The minimum absolute atomic E-state index is 0.0676. The number of rotatable bonds is 8. The Balaban J connectivity index is 1.96. The Morgan fingerprint density at radius 1 is 1.31 bits per heavy atom. The molecule has 0 amide bonds. The van der Waals surface area contributed by atoms with Gasteiger partial charge in [-0.25, -0.2) is 10.4 Å². The predicted molar refractivity (Wildman–Crippen MR) is 116 cm³/mol. The third-order valence-electron chi connectivity index (χ3n) is 4.41. The van der Waals surface area contributed by atoms with Gasteiger partial charge in [0.25, 0.3) is 5.56 Å². The van der Waals surface area contributed by atoms with Gasteiger partial charge in [-0.3, -0.25) is 9.36 Å². The number of phenolic OH excluding ortho intramolecular Hbond substituents is 1. The molecular weight excluding hydrogens is 392 g/mol. The number of aromatic hydroxyl groups is 1. The Bertz CT molecular complexity index is 1090. The van der Waals surface area contributed by atoms with E-state index in [1.807, 2.05) is 19.1 Å². The molecule has 7 nitrogen and oxygen atoms in total. The number of para-hydroxylation sites is 1. The van der Waals surface area contributed by atoms with Gasteiger partial charge in [-0.2, -0.15) is 5.10 Å². The Hall–Kier alpha value is -2.90. The lowest BCUT2D eigenvalue weighted by Crippen LogP contribution is -2.25. The fourth-order valence-electron chi connectivity index (χ4n) is 2.92. The highest BCUT2D eigenvalue weighted by Gasteiger charge is 2.11. The molecule has 0 aliphatic heterocycles. The number of hydrazone groups is 1. The Morgan fingerprint density at radius 2 is 2.10 bits per heavy atom. The van der Waals surface area contributed by atoms with Gasteiger partial charge in [-0.1, -0.05) is 23.7 Å². The molecule has 0 bridgehead atoms. The van der Waals surface area contributed by atoms with E-state index in [0.29, 0.717) is 59.3 Å². The molecule has 0 aliphatic carbocycles. The SMILES string of the molecule is CCOCCCn1c(N/N=C(\C)c2cc(Cl)ccc2O)nc2ccccc2c1=O. The first-order chi connectivity index (χ1) is 14.0. The molecule has 0 fully saturated rings. The molecule has 29 heavy (non-hydrogen) atoms. The number of nitrogens with zero attached hydrogens (tertiary/aromatic N) is 3. The van der Waals surface area contributed by atoms with Gasteiger partial charge in [0.05, 0.1) is 16.6 Å². The maximum Gasteiger partial charge on any atom is 0.262 e. The molecule has 0 unspecified atom stereocenters. The van der Waals surface area contributed by atoms with Crippen LogP contribution >= 0.6 is 11.6 Å². The van der Waals surface area contributed by atoms with E-state index in [-0.39, 0.29) is 11.3 Å². The van der Waals surface area contributed by atoms with Crippen LogP contribution in [0.5, 0.6) is 5.75 Å². The summed E-state index contributed by atoms with van der Waals surface area (Å²) >= 11 is 6.02. The first-order valence-corrected chi connectivity index (χ1v) is 9.75. The molecule has 3 aromatic rings. The van der Waals surface area contributed by atoms with Crippen LogP contribution in [0.15, 0.2) is 52.4 Å². The smallest absolute Gasteiger partial charge is 0.262 e. The van der Waals surface area contributed by atoms with Crippen molar-refractivity contribution < 1.29 is 9.84 Å². The van der Waals surface area contributed by atoms with Crippen molar-refractivity contribution in [3.63, 3.8) is 0 Å². The minimum Gasteiger partial charge on any atom is -0.507 e. The van der Waals surface area contributed by atoms with Gasteiger partial charge in [0.15, 0.2) is 0 Å². The molecule has 0 saturated heterocycles. The van der Waals surface area contributed by atoms with E-state index in [9.17, 15) is 9.90 Å². The average Bonchev–Trinajstić information content (AvgIpc) is 2.72. The second-order valence-corrected chi connectivity index (χ2v) is 6.87. The van der Waals surface area contributed by atoms with Gasteiger partial charge in [0, 0.05) is 30.3 Å². The van der Waals surface area contributed by atoms with E-state index < -0.39 is 0 Å². The van der Waals surface area contributed by atoms with Crippen LogP contribution in [0.1, 0.15) is 25.8 Å². The van der Waals surface area contributed by atoms with Gasteiger partial charge in [-0.15, -0.1) is 0 Å². The Labute approximate surface area is 173 Å². The van der Waals surface area contributed by atoms with Crippen LogP contribution in [0.4, 0.5) is 5.95 Å². The van der Waals surface area contributed by atoms with Gasteiger partial charge < -0.3 is 9.84 Å². The van der Waals surface area contributed by atoms with E-state index in [0.717, 1.165) is 0 Å². The summed E-state index contributed by atoms with van der Waals surface area (Å²) in [5.74, 6) is 0.393. The lowest BCUT2D eigenvalue weighted by atomic mass is 10.1. The molecule has 0 radical (unpaired) electrons. The first-order valence-electron chi connectivity index (χ1n) is 9.37. The van der Waals surface area contributed by atoms with Crippen LogP contribution < -0.4 is 11.0 Å². The highest BCUT2D eigenvalue weighted by Crippen LogP contribution is 2.22. The average molecular weight is 415 g/mol. The Morgan fingerprint density at radius 3 is 2.90 bits per heavy atom. The number of nitrogens with one attached hydrogen (secondary N) is 1. The summed E-state index contributed by atoms with van der Waals surface area (Å²) in [7, 11) is 0. The zero-order valence-corrected chi connectivity index (χ0v) is 17.1. The van der Waals surface area contributed by atoms with Gasteiger partial charge in [0.2, 0.25) is 5.95 Å². The van der Waals surface area contributed by atoms with Gasteiger partial charge in [0.1, 0.15) is 5.75 Å². The first kappa shape index (κ1) is 20.8. The molecule has 0 atom stereocenters. The molecule has 3 rings (SSSR count). The van der Waals surface area contributed by atoms with E-state index in [4.69, 9.17) is 16.3 Å². The van der Waals surface area contributed by atoms with Crippen molar-refractivity contribution in [2.75, 3.05) is 18.6 Å². The molecule has 0 aliphatic rings. The Kier molecular flexibility index (Phi) is 6.85. The molecule has 152 valence electrons. The van der Waals surface area contributed by atoms with Crippen molar-refractivity contribution in [2.24, 2.45) is 5.10 Å². The summed E-state index contributed by atoms with van der Waals surface area (Å²) in [5.41, 5.74) is 4.32. The lowest BCUT2D eigenvalue weighted by Gasteiger charge is -2.13. The third kappa shape index (κ3) is 4.93. The highest BCUT2D eigenvalue weighted by atomic mass is 35.5. The van der Waals surface area contributed by atoms with Crippen LogP contribution in [0, 0.1) is 0 Å². The number of aromatic nitrogens is 2. The zero-order chi connectivity index (χ0) is 20.8. The predicted octanol–water partition coefficient (Wildman–Crippen LogP) is 4.02. The van der Waals surface area contributed by atoms with Crippen molar-refractivity contribution in [3.05, 3.63) is 63.4 Å². The monoisotopic (exact) mass is 414 g/mol. The fourth-order valence-corrected chi connectivity index (χ4v) is 3.09. The molecule has 0 spiro atoms. The number of anilines is 1. The largest absolute Gasteiger partial charge is 0.507 e. The van der Waals surface area contributed by atoms with E-state index in [1.165, 1.54) is 6.07 Å². The molecule has 8 heteroatoms. The lowest BCUT2D eigenvalue weighted by molar-refractivity contribution is 0.141. The zero-order valence-electron chi connectivity index (χ0n) is 16.4. The number of hydrogen-bond donors (Lipinski definition) is 2. The molecule has 2 aromatic carbocycles. The van der Waals surface area contributed by atoms with Crippen molar-refractivity contribution in [3.8, 4) is 5.75 Å². The topological polar surface area (TPSA) is 88.7 Å². The van der Waals surface area contributed by atoms with Crippen LogP contribution in [0.25, 0.3) is 10.9 Å². The summed E-state index contributed by atoms with van der Waals surface area (Å²) in [6.07, 6.45) is 0.667. The van der Waals surface area contributed by atoms with Crippen LogP contribution in [0.2, 0.25) is 5.02 Å². The number of ether oxygens (including phenoxy) is 1. The number of hydrogen-bond acceptors (Lipinski definition) is 6. The maximum atomic E-state index is 13.0. The van der Waals surface area contributed by atoms with Crippen molar-refractivity contribution >= 4 is 34.2 Å². The summed E-state index contributed by atoms with van der Waals surface area (Å²) in [5, 5.41) is 15.4. The van der Waals surface area contributed by atoms with E-state index in [2.05, 4.69) is 15.5 Å². The van der Waals surface area contributed by atoms with Crippen LogP contribution in [-0.4, -0.2) is 33.6 Å². The van der Waals surface area contributed by atoms with Crippen molar-refractivity contribution in [2.45, 2.75) is 26.8 Å². The molecule has 0 saturated carbocycles. The minimum atomic E-state index is -0.145. The molecule has 2 N–H and O–H groups in total. The van der Waals surface area contributed by atoms with Crippen molar-refractivity contribution in [1.29, 1.82) is 0 Å².